The number of benzene rings is 1. The zero-order valence-electron chi connectivity index (χ0n) is 12.8. The topological polar surface area (TPSA) is 31.7 Å². The summed E-state index contributed by atoms with van der Waals surface area (Å²) in [6.07, 6.45) is 5.77. The number of anilines is 1. The Bertz CT molecular complexity index is 662. The predicted octanol–water partition coefficient (Wildman–Crippen LogP) is 3.63. The van der Waals surface area contributed by atoms with E-state index < -0.39 is 0 Å². The van der Waals surface area contributed by atoms with Crippen molar-refractivity contribution in [3.05, 3.63) is 64.8 Å². The van der Waals surface area contributed by atoms with E-state index in [1.807, 2.05) is 42.7 Å². The van der Waals surface area contributed by atoms with Crippen LogP contribution in [0.3, 0.4) is 0 Å². The highest BCUT2D eigenvalue weighted by Gasteiger charge is 2.16. The van der Waals surface area contributed by atoms with E-state index >= 15 is 0 Å². The van der Waals surface area contributed by atoms with E-state index in [2.05, 4.69) is 60.2 Å². The Morgan fingerprint density at radius 1 is 1.00 bits per heavy atom. The number of rotatable bonds is 4. The van der Waals surface area contributed by atoms with Gasteiger partial charge < -0.3 is 4.90 Å². The van der Waals surface area contributed by atoms with Gasteiger partial charge >= 0.3 is 0 Å². The van der Waals surface area contributed by atoms with Crippen LogP contribution in [0.2, 0.25) is 0 Å². The van der Waals surface area contributed by atoms with Crippen molar-refractivity contribution in [3.8, 4) is 0 Å². The van der Waals surface area contributed by atoms with Gasteiger partial charge in [-0.3, -0.25) is 5.01 Å². The first kappa shape index (κ1) is 15.7. The van der Waals surface area contributed by atoms with Crippen LogP contribution in [0, 0.1) is 0 Å². The first-order valence-corrected chi connectivity index (χ1v) is 8.48. The summed E-state index contributed by atoms with van der Waals surface area (Å²) in [6.45, 7) is 3.68. The highest BCUT2D eigenvalue weighted by atomic mass is 79.9. The van der Waals surface area contributed by atoms with Gasteiger partial charge in [-0.05, 0) is 39.7 Å². The molecule has 0 aliphatic carbocycles. The van der Waals surface area contributed by atoms with Crippen LogP contribution in [-0.2, 0) is 0 Å². The van der Waals surface area contributed by atoms with E-state index in [0.29, 0.717) is 0 Å². The lowest BCUT2D eigenvalue weighted by Crippen LogP contribution is -2.44. The average Bonchev–Trinajstić information content (AvgIpc) is 2.62. The Morgan fingerprint density at radius 3 is 2.43 bits per heavy atom. The van der Waals surface area contributed by atoms with Crippen molar-refractivity contribution in [2.45, 2.75) is 0 Å². The van der Waals surface area contributed by atoms with Crippen LogP contribution in [0.25, 0.3) is 6.08 Å². The van der Waals surface area contributed by atoms with Crippen LogP contribution in [0.4, 0.5) is 5.82 Å². The van der Waals surface area contributed by atoms with Crippen molar-refractivity contribution in [2.75, 3.05) is 31.1 Å². The van der Waals surface area contributed by atoms with Crippen molar-refractivity contribution in [3.63, 3.8) is 0 Å². The Morgan fingerprint density at radius 2 is 1.74 bits per heavy atom. The molecule has 0 atom stereocenters. The van der Waals surface area contributed by atoms with Crippen molar-refractivity contribution in [1.29, 1.82) is 0 Å². The van der Waals surface area contributed by atoms with Crippen molar-refractivity contribution in [1.82, 2.24) is 9.99 Å². The minimum absolute atomic E-state index is 0.901. The summed E-state index contributed by atoms with van der Waals surface area (Å²) in [5.41, 5.74) is 1.16. The molecular formula is C18H19BrN4. The maximum Gasteiger partial charge on any atom is 0.128 e. The smallest absolute Gasteiger partial charge is 0.128 e. The third-order valence-corrected chi connectivity index (χ3v) is 4.11. The van der Waals surface area contributed by atoms with Gasteiger partial charge in [-0.2, -0.15) is 5.10 Å². The quantitative estimate of drug-likeness (QED) is 0.770. The van der Waals surface area contributed by atoms with E-state index in [1.165, 1.54) is 0 Å². The fourth-order valence-electron chi connectivity index (χ4n) is 2.46. The normalized spacial score (nSPS) is 16.1. The fourth-order valence-corrected chi connectivity index (χ4v) is 2.82. The molecule has 3 rings (SSSR count). The molecule has 0 spiro atoms. The minimum Gasteiger partial charge on any atom is -0.353 e. The molecule has 118 valence electrons. The van der Waals surface area contributed by atoms with Crippen LogP contribution in [-0.4, -0.2) is 42.4 Å². The number of hydrogen-bond acceptors (Lipinski definition) is 4. The van der Waals surface area contributed by atoms with Gasteiger partial charge in [-0.25, -0.2) is 4.98 Å². The SMILES string of the molecule is BrC(/C=N\N1CCN(c2ccccn2)CC1)=C\c1ccccc1. The predicted molar refractivity (Wildman–Crippen MR) is 99.9 cm³/mol. The maximum absolute atomic E-state index is 4.55. The summed E-state index contributed by atoms with van der Waals surface area (Å²) in [5, 5.41) is 6.65. The number of hydrogen-bond donors (Lipinski definition) is 0. The molecule has 1 aromatic heterocycles. The highest BCUT2D eigenvalue weighted by Crippen LogP contribution is 2.14. The molecule has 4 nitrogen and oxygen atoms in total. The highest BCUT2D eigenvalue weighted by molar-refractivity contribution is 9.12. The summed E-state index contributed by atoms with van der Waals surface area (Å²) in [7, 11) is 0. The summed E-state index contributed by atoms with van der Waals surface area (Å²) < 4.78 is 0.968. The van der Waals surface area contributed by atoms with Gasteiger partial charge in [0.25, 0.3) is 0 Å². The van der Waals surface area contributed by atoms with Crippen LogP contribution in [0.1, 0.15) is 5.56 Å². The number of aromatic nitrogens is 1. The lowest BCUT2D eigenvalue weighted by atomic mass is 10.2. The number of piperazine rings is 1. The zero-order chi connectivity index (χ0) is 15.9. The second kappa shape index (κ2) is 7.92. The molecule has 0 unspecified atom stereocenters. The number of pyridine rings is 1. The minimum atomic E-state index is 0.901. The molecule has 0 saturated carbocycles. The molecule has 23 heavy (non-hydrogen) atoms. The van der Waals surface area contributed by atoms with Crippen LogP contribution in [0.15, 0.2) is 64.3 Å². The van der Waals surface area contributed by atoms with Crippen LogP contribution < -0.4 is 4.90 Å². The summed E-state index contributed by atoms with van der Waals surface area (Å²) in [6, 6.07) is 16.2. The van der Waals surface area contributed by atoms with E-state index in [-0.39, 0.29) is 0 Å². The largest absolute Gasteiger partial charge is 0.353 e. The molecule has 1 aromatic carbocycles. The molecule has 0 amide bonds. The molecule has 2 aromatic rings. The lowest BCUT2D eigenvalue weighted by Gasteiger charge is -2.33. The van der Waals surface area contributed by atoms with E-state index in [0.717, 1.165) is 42.0 Å². The molecule has 1 saturated heterocycles. The maximum atomic E-state index is 4.55. The van der Waals surface area contributed by atoms with Crippen molar-refractivity contribution < 1.29 is 0 Å². The van der Waals surface area contributed by atoms with Gasteiger partial charge in [0.15, 0.2) is 0 Å². The fraction of sp³-hybridized carbons (Fsp3) is 0.222. The molecule has 1 fully saturated rings. The van der Waals surface area contributed by atoms with Crippen molar-refractivity contribution in [2.24, 2.45) is 5.10 Å². The van der Waals surface area contributed by atoms with Gasteiger partial charge in [0.2, 0.25) is 0 Å². The van der Waals surface area contributed by atoms with Crippen LogP contribution >= 0.6 is 15.9 Å². The summed E-state index contributed by atoms with van der Waals surface area (Å²) in [4.78, 5) is 6.69. The molecule has 0 bridgehead atoms. The number of halogens is 1. The monoisotopic (exact) mass is 370 g/mol. The molecule has 1 aliphatic rings. The van der Waals surface area contributed by atoms with Gasteiger partial charge in [0.1, 0.15) is 5.82 Å². The second-order valence-corrected chi connectivity index (χ2v) is 6.23. The Labute approximate surface area is 145 Å². The molecule has 0 radical (unpaired) electrons. The Hall–Kier alpha value is -2.14. The third-order valence-electron chi connectivity index (χ3n) is 3.68. The van der Waals surface area contributed by atoms with Gasteiger partial charge in [0, 0.05) is 23.8 Å². The first-order chi connectivity index (χ1) is 11.3. The Kier molecular flexibility index (Phi) is 5.42. The van der Waals surface area contributed by atoms with E-state index in [1.54, 1.807) is 0 Å². The molecular weight excluding hydrogens is 352 g/mol. The second-order valence-electron chi connectivity index (χ2n) is 5.31. The van der Waals surface area contributed by atoms with Crippen LogP contribution in [0.5, 0.6) is 0 Å². The number of nitrogens with zero attached hydrogens (tertiary/aromatic N) is 4. The van der Waals surface area contributed by atoms with E-state index in [9.17, 15) is 0 Å². The standard InChI is InChI=1S/C18H19BrN4/c19-17(14-16-6-2-1-3-7-16)15-21-23-12-10-22(11-13-23)18-8-4-5-9-20-18/h1-9,14-15H,10-13H2/b17-14-,21-15-. The van der Waals surface area contributed by atoms with Crippen molar-refractivity contribution >= 4 is 34.0 Å². The lowest BCUT2D eigenvalue weighted by molar-refractivity contribution is 0.271. The number of hydrazone groups is 1. The van der Waals surface area contributed by atoms with Gasteiger partial charge in [-0.1, -0.05) is 36.4 Å². The first-order valence-electron chi connectivity index (χ1n) is 7.68. The van der Waals surface area contributed by atoms with Gasteiger partial charge in [-0.15, -0.1) is 0 Å². The van der Waals surface area contributed by atoms with Gasteiger partial charge in [0.05, 0.1) is 19.3 Å². The molecule has 5 heteroatoms. The van der Waals surface area contributed by atoms with E-state index in [4.69, 9.17) is 0 Å². The summed E-state index contributed by atoms with van der Waals surface area (Å²) >= 11 is 3.55. The zero-order valence-corrected chi connectivity index (χ0v) is 14.4. The number of allylic oxidation sites excluding steroid dienone is 1. The summed E-state index contributed by atoms with van der Waals surface area (Å²) in [5.74, 6) is 1.04. The third kappa shape index (κ3) is 4.66. The molecule has 2 heterocycles. The average molecular weight is 371 g/mol. The molecule has 0 N–H and O–H groups in total. The molecule has 1 aliphatic heterocycles. The Balaban J connectivity index is 1.53.